The Morgan fingerprint density at radius 1 is 1.24 bits per heavy atom. The molecule has 1 atom stereocenters. The van der Waals surface area contributed by atoms with Crippen molar-refractivity contribution in [2.24, 2.45) is 0 Å². The second-order valence-corrected chi connectivity index (χ2v) is 7.26. The molecule has 0 radical (unpaired) electrons. The van der Waals surface area contributed by atoms with Crippen LogP contribution in [0, 0.1) is 0 Å². The highest BCUT2D eigenvalue weighted by atomic mass is 79.9. The van der Waals surface area contributed by atoms with Crippen molar-refractivity contribution in [1.82, 2.24) is 10.2 Å². The van der Waals surface area contributed by atoms with Gasteiger partial charge in [0, 0.05) is 10.0 Å². The minimum absolute atomic E-state index is 0.178. The lowest BCUT2D eigenvalue weighted by Crippen LogP contribution is -2.41. The van der Waals surface area contributed by atoms with E-state index in [9.17, 15) is 9.59 Å². The maximum atomic E-state index is 13.2. The summed E-state index contributed by atoms with van der Waals surface area (Å²) in [4.78, 5) is 27.1. The number of methoxy groups -OCH3 is 1. The fourth-order valence-electron chi connectivity index (χ4n) is 3.77. The Bertz CT molecular complexity index is 883. The number of urea groups is 1. The molecule has 4 rings (SSSR count). The third-order valence-electron chi connectivity index (χ3n) is 4.99. The molecule has 1 saturated heterocycles. The van der Waals surface area contributed by atoms with Crippen molar-refractivity contribution in [3.05, 3.63) is 63.6 Å². The number of hydrogen-bond acceptors (Lipinski definition) is 3. The molecule has 0 saturated carbocycles. The van der Waals surface area contributed by atoms with Crippen LogP contribution >= 0.6 is 15.9 Å². The fraction of sp³-hybridized carbons (Fsp3) is 0.263. The summed E-state index contributed by atoms with van der Waals surface area (Å²) in [5, 5.41) is 2.94. The number of carbonyl (C=O) groups excluding carboxylic acids is 2. The molecule has 25 heavy (non-hydrogen) atoms. The number of rotatable bonds is 3. The van der Waals surface area contributed by atoms with E-state index in [4.69, 9.17) is 4.74 Å². The van der Waals surface area contributed by atoms with E-state index in [-0.39, 0.29) is 18.5 Å². The number of halogens is 1. The summed E-state index contributed by atoms with van der Waals surface area (Å²) < 4.78 is 6.24. The lowest BCUT2D eigenvalue weighted by atomic mass is 9.92. The molecule has 0 unspecified atom stereocenters. The highest BCUT2D eigenvalue weighted by molar-refractivity contribution is 9.10. The smallest absolute Gasteiger partial charge is 0.325 e. The van der Waals surface area contributed by atoms with Crippen molar-refractivity contribution in [1.29, 1.82) is 0 Å². The highest BCUT2D eigenvalue weighted by Gasteiger charge is 2.55. The molecule has 2 aromatic carbocycles. The fourth-order valence-corrected chi connectivity index (χ4v) is 4.18. The zero-order valence-electron chi connectivity index (χ0n) is 13.7. The van der Waals surface area contributed by atoms with E-state index >= 15 is 0 Å². The molecule has 2 aromatic rings. The first-order valence-electron chi connectivity index (χ1n) is 8.10. The molecule has 0 aromatic heterocycles. The Hall–Kier alpha value is -2.34. The lowest BCUT2D eigenvalue weighted by molar-refractivity contribution is -0.132. The van der Waals surface area contributed by atoms with E-state index in [1.165, 1.54) is 4.90 Å². The molecule has 3 amide bonds. The predicted octanol–water partition coefficient (Wildman–Crippen LogP) is 3.35. The first-order chi connectivity index (χ1) is 12.0. The van der Waals surface area contributed by atoms with Gasteiger partial charge in [-0.15, -0.1) is 0 Å². The molecule has 2 aliphatic rings. The molecule has 1 heterocycles. The van der Waals surface area contributed by atoms with Crippen molar-refractivity contribution >= 4 is 27.9 Å². The van der Waals surface area contributed by atoms with Gasteiger partial charge in [-0.05, 0) is 42.2 Å². The van der Waals surface area contributed by atoms with Gasteiger partial charge in [-0.25, -0.2) is 4.79 Å². The molecule has 128 valence electrons. The van der Waals surface area contributed by atoms with Crippen LogP contribution in [0.4, 0.5) is 4.79 Å². The normalized spacial score (nSPS) is 21.6. The van der Waals surface area contributed by atoms with Gasteiger partial charge in [0.15, 0.2) is 0 Å². The number of carbonyl (C=O) groups is 2. The van der Waals surface area contributed by atoms with E-state index < -0.39 is 5.54 Å². The summed E-state index contributed by atoms with van der Waals surface area (Å²) in [5.41, 5.74) is 1.89. The number of hydrogen-bond donors (Lipinski definition) is 1. The molecule has 1 aliphatic heterocycles. The van der Waals surface area contributed by atoms with Crippen molar-refractivity contribution < 1.29 is 14.3 Å². The molecule has 1 fully saturated rings. The van der Waals surface area contributed by atoms with Gasteiger partial charge < -0.3 is 10.1 Å². The van der Waals surface area contributed by atoms with E-state index in [1.807, 2.05) is 42.5 Å². The van der Waals surface area contributed by atoms with Crippen LogP contribution in [0.5, 0.6) is 5.75 Å². The predicted molar refractivity (Wildman–Crippen MR) is 96.2 cm³/mol. The second-order valence-electron chi connectivity index (χ2n) is 6.34. The summed E-state index contributed by atoms with van der Waals surface area (Å²) in [7, 11) is 1.58. The van der Waals surface area contributed by atoms with E-state index in [0.29, 0.717) is 12.2 Å². The third kappa shape index (κ3) is 2.43. The van der Waals surface area contributed by atoms with Gasteiger partial charge in [0.1, 0.15) is 11.3 Å². The molecular formula is C19H17BrN2O3. The Kier molecular flexibility index (Phi) is 3.80. The number of benzene rings is 2. The van der Waals surface area contributed by atoms with Gasteiger partial charge in [0.2, 0.25) is 0 Å². The van der Waals surface area contributed by atoms with Gasteiger partial charge in [-0.2, -0.15) is 0 Å². The van der Waals surface area contributed by atoms with Crippen molar-refractivity contribution in [2.45, 2.75) is 24.9 Å². The average molecular weight is 401 g/mol. The summed E-state index contributed by atoms with van der Waals surface area (Å²) in [6.45, 7) is 0.178. The molecular weight excluding hydrogens is 384 g/mol. The van der Waals surface area contributed by atoms with Crippen LogP contribution in [0.3, 0.4) is 0 Å². The third-order valence-corrected chi connectivity index (χ3v) is 5.49. The standard InChI is InChI=1S/C19H17BrN2O3/c1-25-16-7-6-14(20)10-13(16)11-22-17(23)19(21-18(22)24)9-8-12-4-2-3-5-15(12)19/h2-7,10H,8-9,11H2,1H3,(H,21,24)/t19-/m0/s1. The minimum Gasteiger partial charge on any atom is -0.496 e. The summed E-state index contributed by atoms with van der Waals surface area (Å²) in [6, 6.07) is 13.0. The Morgan fingerprint density at radius 3 is 2.84 bits per heavy atom. The van der Waals surface area contributed by atoms with Crippen LogP contribution in [0.25, 0.3) is 0 Å². The van der Waals surface area contributed by atoms with Crippen LogP contribution in [0.2, 0.25) is 0 Å². The van der Waals surface area contributed by atoms with Crippen molar-refractivity contribution in [3.8, 4) is 5.75 Å². The topological polar surface area (TPSA) is 58.6 Å². The van der Waals surface area contributed by atoms with Gasteiger partial charge >= 0.3 is 6.03 Å². The molecule has 1 aliphatic carbocycles. The number of ether oxygens (including phenoxy) is 1. The van der Waals surface area contributed by atoms with Crippen molar-refractivity contribution in [3.63, 3.8) is 0 Å². The summed E-state index contributed by atoms with van der Waals surface area (Å²) >= 11 is 3.43. The van der Waals surface area contributed by atoms with Gasteiger partial charge in [0.25, 0.3) is 5.91 Å². The molecule has 1 N–H and O–H groups in total. The molecule has 0 bridgehead atoms. The number of aryl methyl sites for hydroxylation is 1. The van der Waals surface area contributed by atoms with Crippen LogP contribution in [0.1, 0.15) is 23.1 Å². The Balaban J connectivity index is 1.69. The average Bonchev–Trinajstić information content (AvgIpc) is 3.09. The molecule has 5 nitrogen and oxygen atoms in total. The van der Waals surface area contributed by atoms with Crippen LogP contribution < -0.4 is 10.1 Å². The van der Waals surface area contributed by atoms with Gasteiger partial charge in [0.05, 0.1) is 13.7 Å². The highest BCUT2D eigenvalue weighted by Crippen LogP contribution is 2.42. The number of amides is 3. The lowest BCUT2D eigenvalue weighted by Gasteiger charge is -2.22. The number of nitrogens with one attached hydrogen (secondary N) is 1. The maximum absolute atomic E-state index is 13.2. The summed E-state index contributed by atoms with van der Waals surface area (Å²) in [5.74, 6) is 0.459. The van der Waals surface area contributed by atoms with E-state index in [0.717, 1.165) is 27.6 Å². The van der Waals surface area contributed by atoms with Crippen molar-refractivity contribution in [2.75, 3.05) is 7.11 Å². The van der Waals surface area contributed by atoms with E-state index in [1.54, 1.807) is 7.11 Å². The first-order valence-corrected chi connectivity index (χ1v) is 8.89. The monoisotopic (exact) mass is 400 g/mol. The number of imide groups is 1. The van der Waals surface area contributed by atoms with Crippen LogP contribution in [0.15, 0.2) is 46.9 Å². The SMILES string of the molecule is COc1ccc(Br)cc1CN1C(=O)N[C@]2(CCc3ccccc32)C1=O. The Labute approximate surface area is 154 Å². The van der Waals surface area contributed by atoms with E-state index in [2.05, 4.69) is 21.2 Å². The number of fused-ring (bicyclic) bond motifs is 2. The summed E-state index contributed by atoms with van der Waals surface area (Å²) in [6.07, 6.45) is 1.39. The largest absolute Gasteiger partial charge is 0.496 e. The second kappa shape index (κ2) is 5.88. The van der Waals surface area contributed by atoms with Gasteiger partial charge in [-0.3, -0.25) is 9.69 Å². The minimum atomic E-state index is -0.924. The molecule has 6 heteroatoms. The zero-order valence-corrected chi connectivity index (χ0v) is 15.3. The van der Waals surface area contributed by atoms with Gasteiger partial charge in [-0.1, -0.05) is 40.2 Å². The maximum Gasteiger partial charge on any atom is 0.325 e. The Morgan fingerprint density at radius 2 is 2.04 bits per heavy atom. The quantitative estimate of drug-likeness (QED) is 0.803. The number of nitrogens with zero attached hydrogens (tertiary/aromatic N) is 1. The zero-order chi connectivity index (χ0) is 17.6. The van der Waals surface area contributed by atoms with Crippen LogP contribution in [-0.2, 0) is 23.3 Å². The van der Waals surface area contributed by atoms with Crippen LogP contribution in [-0.4, -0.2) is 23.9 Å². The first kappa shape index (κ1) is 16.1. The molecule has 1 spiro atoms.